The van der Waals surface area contributed by atoms with E-state index in [-0.39, 0.29) is 0 Å². The second kappa shape index (κ2) is 5.57. The van der Waals surface area contributed by atoms with Crippen molar-refractivity contribution in [2.45, 2.75) is 25.7 Å². The fourth-order valence-electron chi connectivity index (χ4n) is 3.82. The Kier molecular flexibility index (Phi) is 3.79. The highest BCUT2D eigenvalue weighted by atomic mass is 16.2. The van der Waals surface area contributed by atoms with Crippen LogP contribution in [0.3, 0.4) is 0 Å². The highest BCUT2D eigenvalue weighted by Gasteiger charge is 2.41. The van der Waals surface area contributed by atoms with Crippen LogP contribution in [0, 0.1) is 5.41 Å². The van der Waals surface area contributed by atoms with E-state index in [0.29, 0.717) is 17.7 Å². The van der Waals surface area contributed by atoms with Gasteiger partial charge in [-0.1, -0.05) is 30.3 Å². The summed E-state index contributed by atoms with van der Waals surface area (Å²) in [5.41, 5.74) is 1.50. The average Bonchev–Trinajstić information content (AvgIpc) is 2.83. The number of hydrogen-bond acceptors (Lipinski definition) is 2. The third-order valence-corrected chi connectivity index (χ3v) is 4.84. The van der Waals surface area contributed by atoms with Crippen molar-refractivity contribution in [2.24, 2.45) is 5.41 Å². The number of rotatable bonds is 2. The predicted octanol–water partition coefficient (Wildman–Crippen LogP) is 2.17. The van der Waals surface area contributed by atoms with E-state index >= 15 is 0 Å². The van der Waals surface area contributed by atoms with Gasteiger partial charge in [0.05, 0.1) is 6.42 Å². The van der Waals surface area contributed by atoms with Gasteiger partial charge in [0.1, 0.15) is 0 Å². The first-order valence-corrected chi connectivity index (χ1v) is 7.67. The van der Waals surface area contributed by atoms with E-state index in [2.05, 4.69) is 16.8 Å². The van der Waals surface area contributed by atoms with Gasteiger partial charge in [0.25, 0.3) is 0 Å². The molecule has 20 heavy (non-hydrogen) atoms. The van der Waals surface area contributed by atoms with Crippen molar-refractivity contribution in [1.82, 2.24) is 9.80 Å². The first-order valence-electron chi connectivity index (χ1n) is 7.67. The molecule has 0 bridgehead atoms. The van der Waals surface area contributed by atoms with E-state index < -0.39 is 0 Å². The number of piperidine rings is 1. The molecule has 0 radical (unpaired) electrons. The number of nitrogens with zero attached hydrogens (tertiary/aromatic N) is 2. The van der Waals surface area contributed by atoms with Crippen molar-refractivity contribution >= 4 is 5.91 Å². The molecule has 1 aromatic carbocycles. The van der Waals surface area contributed by atoms with E-state index in [1.165, 1.54) is 25.8 Å². The monoisotopic (exact) mass is 272 g/mol. The molecule has 2 fully saturated rings. The van der Waals surface area contributed by atoms with E-state index in [0.717, 1.165) is 25.2 Å². The van der Waals surface area contributed by atoms with Gasteiger partial charge in [-0.3, -0.25) is 4.79 Å². The van der Waals surface area contributed by atoms with Crippen molar-refractivity contribution < 1.29 is 4.79 Å². The molecule has 0 aliphatic carbocycles. The lowest BCUT2D eigenvalue weighted by molar-refractivity contribution is -0.130. The minimum Gasteiger partial charge on any atom is -0.342 e. The summed E-state index contributed by atoms with van der Waals surface area (Å²) in [6, 6.07) is 10.1. The summed E-state index contributed by atoms with van der Waals surface area (Å²) in [6.07, 6.45) is 4.29. The van der Waals surface area contributed by atoms with Crippen LogP contribution in [0.2, 0.25) is 0 Å². The molecule has 2 saturated heterocycles. The zero-order valence-corrected chi connectivity index (χ0v) is 12.3. The second-order valence-electron chi connectivity index (χ2n) is 6.57. The summed E-state index contributed by atoms with van der Waals surface area (Å²) in [4.78, 5) is 16.9. The van der Waals surface area contributed by atoms with Crippen molar-refractivity contribution in [3.05, 3.63) is 35.9 Å². The molecule has 1 atom stereocenters. The van der Waals surface area contributed by atoms with Crippen LogP contribution in [0.4, 0.5) is 0 Å². The lowest BCUT2D eigenvalue weighted by atomic mass is 9.79. The number of carbonyl (C=O) groups excluding carboxylic acids is 1. The zero-order chi connectivity index (χ0) is 14.0. The molecular formula is C17H24N2O. The summed E-state index contributed by atoms with van der Waals surface area (Å²) >= 11 is 0. The van der Waals surface area contributed by atoms with Gasteiger partial charge in [-0.15, -0.1) is 0 Å². The van der Waals surface area contributed by atoms with Gasteiger partial charge in [0.2, 0.25) is 5.91 Å². The van der Waals surface area contributed by atoms with Gasteiger partial charge in [0, 0.05) is 25.0 Å². The lowest BCUT2D eigenvalue weighted by Crippen LogP contribution is -2.43. The predicted molar refractivity (Wildman–Crippen MR) is 80.5 cm³/mol. The standard InChI is InChI=1S/C17H24N2O/c1-18-10-5-8-17(13-18)9-11-19(14-17)16(20)12-15-6-3-2-4-7-15/h2-4,6-7H,5,8-14H2,1H3/t17-/m1/s1. The normalized spacial score (nSPS) is 27.1. The summed E-state index contributed by atoms with van der Waals surface area (Å²) < 4.78 is 0. The van der Waals surface area contributed by atoms with E-state index in [1.807, 2.05) is 30.3 Å². The first-order chi connectivity index (χ1) is 9.67. The molecule has 1 spiro atoms. The maximum atomic E-state index is 12.4. The van der Waals surface area contributed by atoms with Crippen molar-refractivity contribution in [3.8, 4) is 0 Å². The van der Waals surface area contributed by atoms with Crippen LogP contribution in [-0.4, -0.2) is 48.9 Å². The van der Waals surface area contributed by atoms with Gasteiger partial charge in [-0.05, 0) is 38.4 Å². The van der Waals surface area contributed by atoms with Crippen LogP contribution in [0.5, 0.6) is 0 Å². The van der Waals surface area contributed by atoms with E-state index in [1.54, 1.807) is 0 Å². The summed E-state index contributed by atoms with van der Waals surface area (Å²) in [7, 11) is 2.20. The Balaban J connectivity index is 1.61. The minimum atomic E-state index is 0.293. The number of likely N-dealkylation sites (tertiary alicyclic amines) is 2. The van der Waals surface area contributed by atoms with Gasteiger partial charge in [0.15, 0.2) is 0 Å². The topological polar surface area (TPSA) is 23.6 Å². The fraction of sp³-hybridized carbons (Fsp3) is 0.588. The Hall–Kier alpha value is -1.35. The Morgan fingerprint density at radius 1 is 1.15 bits per heavy atom. The molecule has 1 aromatic rings. The molecule has 3 rings (SSSR count). The van der Waals surface area contributed by atoms with Gasteiger partial charge in [-0.2, -0.15) is 0 Å². The summed E-state index contributed by atoms with van der Waals surface area (Å²) in [5, 5.41) is 0. The number of benzene rings is 1. The van der Waals surface area contributed by atoms with Crippen LogP contribution in [0.1, 0.15) is 24.8 Å². The smallest absolute Gasteiger partial charge is 0.227 e. The quantitative estimate of drug-likeness (QED) is 0.824. The van der Waals surface area contributed by atoms with E-state index in [9.17, 15) is 4.79 Å². The van der Waals surface area contributed by atoms with Crippen molar-refractivity contribution in [2.75, 3.05) is 33.2 Å². The maximum absolute atomic E-state index is 12.4. The molecule has 2 heterocycles. The van der Waals surface area contributed by atoms with Gasteiger partial charge in [-0.25, -0.2) is 0 Å². The Morgan fingerprint density at radius 3 is 2.70 bits per heavy atom. The number of carbonyl (C=O) groups is 1. The van der Waals surface area contributed by atoms with Crippen LogP contribution in [-0.2, 0) is 11.2 Å². The molecule has 0 N–H and O–H groups in total. The third-order valence-electron chi connectivity index (χ3n) is 4.84. The maximum Gasteiger partial charge on any atom is 0.227 e. The molecule has 2 aliphatic heterocycles. The Bertz CT molecular complexity index is 473. The van der Waals surface area contributed by atoms with Gasteiger partial charge >= 0.3 is 0 Å². The summed E-state index contributed by atoms with van der Waals surface area (Å²) in [6.45, 7) is 4.27. The molecule has 1 amide bonds. The molecule has 3 heteroatoms. The second-order valence-corrected chi connectivity index (χ2v) is 6.57. The molecule has 108 valence electrons. The highest BCUT2D eigenvalue weighted by molar-refractivity contribution is 5.79. The molecular weight excluding hydrogens is 248 g/mol. The fourth-order valence-corrected chi connectivity index (χ4v) is 3.82. The average molecular weight is 272 g/mol. The summed E-state index contributed by atoms with van der Waals surface area (Å²) in [5.74, 6) is 0.293. The molecule has 3 nitrogen and oxygen atoms in total. The van der Waals surface area contributed by atoms with Crippen LogP contribution >= 0.6 is 0 Å². The van der Waals surface area contributed by atoms with Crippen LogP contribution < -0.4 is 0 Å². The number of hydrogen-bond donors (Lipinski definition) is 0. The lowest BCUT2D eigenvalue weighted by Gasteiger charge is -2.38. The van der Waals surface area contributed by atoms with Gasteiger partial charge < -0.3 is 9.80 Å². The molecule has 0 saturated carbocycles. The largest absolute Gasteiger partial charge is 0.342 e. The zero-order valence-electron chi connectivity index (χ0n) is 12.3. The van der Waals surface area contributed by atoms with Crippen molar-refractivity contribution in [3.63, 3.8) is 0 Å². The molecule has 2 aliphatic rings. The number of amides is 1. The molecule has 0 aromatic heterocycles. The third kappa shape index (κ3) is 2.88. The molecule has 0 unspecified atom stereocenters. The van der Waals surface area contributed by atoms with Crippen LogP contribution in [0.25, 0.3) is 0 Å². The van der Waals surface area contributed by atoms with E-state index in [4.69, 9.17) is 0 Å². The van der Waals surface area contributed by atoms with Crippen molar-refractivity contribution in [1.29, 1.82) is 0 Å². The Labute approximate surface area is 121 Å². The van der Waals surface area contributed by atoms with Crippen LogP contribution in [0.15, 0.2) is 30.3 Å². The SMILES string of the molecule is CN1CCC[C@@]2(CCN(C(=O)Cc3ccccc3)C2)C1. The first kappa shape index (κ1) is 13.6. The minimum absolute atomic E-state index is 0.293. The Morgan fingerprint density at radius 2 is 1.95 bits per heavy atom. The highest BCUT2D eigenvalue weighted by Crippen LogP contribution is 2.38.